The molecule has 3 aromatic rings. The Morgan fingerprint density at radius 2 is 2.15 bits per heavy atom. The fraction of sp³-hybridized carbons (Fsp3) is 0.211. The summed E-state index contributed by atoms with van der Waals surface area (Å²) in [7, 11) is 0. The molecule has 0 radical (unpaired) electrons. The lowest BCUT2D eigenvalue weighted by Gasteiger charge is -2.11. The van der Waals surface area contributed by atoms with Gasteiger partial charge >= 0.3 is 0 Å². The van der Waals surface area contributed by atoms with Crippen molar-refractivity contribution < 1.29 is 9.53 Å². The number of amides is 1. The van der Waals surface area contributed by atoms with Crippen LogP contribution in [0.15, 0.2) is 55.1 Å². The average Bonchev–Trinajstić information content (AvgIpc) is 3.13. The first-order valence-electron chi connectivity index (χ1n) is 8.26. The molecule has 1 aromatic heterocycles. The number of hydrogen-bond acceptors (Lipinski definition) is 4. The Kier molecular flexibility index (Phi) is 5.86. The molecule has 2 aromatic carbocycles. The van der Waals surface area contributed by atoms with Crippen LogP contribution in [0.25, 0.3) is 5.69 Å². The fourth-order valence-electron chi connectivity index (χ4n) is 2.48. The Morgan fingerprint density at radius 1 is 1.27 bits per heavy atom. The summed E-state index contributed by atoms with van der Waals surface area (Å²) in [4.78, 5) is 16.2. The topological polar surface area (TPSA) is 69.0 Å². The smallest absolute Gasteiger partial charge is 0.224 e. The molecule has 0 aliphatic rings. The second-order valence-corrected chi connectivity index (χ2v) is 6.25. The third-order valence-corrected chi connectivity index (χ3v) is 3.94. The molecule has 26 heavy (non-hydrogen) atoms. The van der Waals surface area contributed by atoms with Crippen molar-refractivity contribution in [2.45, 2.75) is 19.8 Å². The monoisotopic (exact) mass is 370 g/mol. The second-order valence-electron chi connectivity index (χ2n) is 5.82. The minimum atomic E-state index is -0.110. The predicted octanol–water partition coefficient (Wildman–Crippen LogP) is 4.03. The largest absolute Gasteiger partial charge is 0.494 e. The Morgan fingerprint density at radius 3 is 2.92 bits per heavy atom. The Balaban J connectivity index is 1.54. The molecule has 0 atom stereocenters. The van der Waals surface area contributed by atoms with Crippen LogP contribution in [0, 0.1) is 6.92 Å². The van der Waals surface area contributed by atoms with E-state index in [0.29, 0.717) is 35.8 Å². The van der Waals surface area contributed by atoms with E-state index < -0.39 is 0 Å². The maximum atomic E-state index is 12.3. The predicted molar refractivity (Wildman–Crippen MR) is 101 cm³/mol. The lowest BCUT2D eigenvalue weighted by molar-refractivity contribution is -0.116. The molecule has 0 saturated heterocycles. The summed E-state index contributed by atoms with van der Waals surface area (Å²) in [6.45, 7) is 2.49. The van der Waals surface area contributed by atoms with Crippen LogP contribution in [0.5, 0.6) is 5.75 Å². The Labute approximate surface area is 156 Å². The summed E-state index contributed by atoms with van der Waals surface area (Å²) in [5.74, 6) is 0.704. The van der Waals surface area contributed by atoms with Crippen LogP contribution < -0.4 is 10.1 Å². The van der Waals surface area contributed by atoms with Gasteiger partial charge in [-0.2, -0.15) is 5.10 Å². The first-order chi connectivity index (χ1) is 12.6. The third-order valence-electron chi connectivity index (χ3n) is 3.70. The summed E-state index contributed by atoms with van der Waals surface area (Å²) in [6.07, 6.45) is 3.95. The molecule has 1 N–H and O–H groups in total. The van der Waals surface area contributed by atoms with E-state index in [4.69, 9.17) is 16.3 Å². The highest BCUT2D eigenvalue weighted by molar-refractivity contribution is 6.31. The van der Waals surface area contributed by atoms with Crippen LogP contribution in [0.1, 0.15) is 18.4 Å². The summed E-state index contributed by atoms with van der Waals surface area (Å²) < 4.78 is 7.24. The van der Waals surface area contributed by atoms with Gasteiger partial charge in [-0.05, 0) is 49.2 Å². The Bertz CT molecular complexity index is 881. The number of ether oxygens (including phenoxy) is 1. The third kappa shape index (κ3) is 4.83. The van der Waals surface area contributed by atoms with Gasteiger partial charge in [0.1, 0.15) is 18.4 Å². The molecular weight excluding hydrogens is 352 g/mol. The van der Waals surface area contributed by atoms with Crippen LogP contribution in [0.2, 0.25) is 5.02 Å². The minimum absolute atomic E-state index is 0.110. The van der Waals surface area contributed by atoms with Crippen molar-refractivity contribution in [2.24, 2.45) is 0 Å². The lowest BCUT2D eigenvalue weighted by atomic mass is 10.2. The van der Waals surface area contributed by atoms with E-state index in [-0.39, 0.29) is 5.91 Å². The van der Waals surface area contributed by atoms with E-state index in [1.165, 1.54) is 6.33 Å². The number of nitrogens with zero attached hydrogens (tertiary/aromatic N) is 3. The highest BCUT2D eigenvalue weighted by Crippen LogP contribution is 2.24. The maximum Gasteiger partial charge on any atom is 0.224 e. The summed E-state index contributed by atoms with van der Waals surface area (Å²) in [6, 6.07) is 13.1. The quantitative estimate of drug-likeness (QED) is 0.637. The van der Waals surface area contributed by atoms with Crippen molar-refractivity contribution in [1.82, 2.24) is 14.8 Å². The number of nitrogens with one attached hydrogen (secondary N) is 1. The molecule has 6 nitrogen and oxygen atoms in total. The minimum Gasteiger partial charge on any atom is -0.494 e. The van der Waals surface area contributed by atoms with E-state index >= 15 is 0 Å². The van der Waals surface area contributed by atoms with Gasteiger partial charge in [0.05, 0.1) is 18.0 Å². The summed E-state index contributed by atoms with van der Waals surface area (Å²) in [5, 5.41) is 7.51. The van der Waals surface area contributed by atoms with Gasteiger partial charge < -0.3 is 10.1 Å². The molecule has 7 heteroatoms. The van der Waals surface area contributed by atoms with Crippen molar-refractivity contribution in [1.29, 1.82) is 0 Å². The second kappa shape index (κ2) is 8.49. The van der Waals surface area contributed by atoms with Gasteiger partial charge in [0.15, 0.2) is 0 Å². The van der Waals surface area contributed by atoms with Gasteiger partial charge in [-0.25, -0.2) is 9.67 Å². The van der Waals surface area contributed by atoms with E-state index in [9.17, 15) is 4.79 Å². The SMILES string of the molecule is Cc1cccc(OCCCC(=O)Nc2cc(Cl)ccc2-n2cncn2)c1. The van der Waals surface area contributed by atoms with Gasteiger partial charge in [0, 0.05) is 11.4 Å². The number of aromatic nitrogens is 3. The maximum absolute atomic E-state index is 12.3. The number of benzene rings is 2. The molecule has 1 heterocycles. The Hall–Kier alpha value is -2.86. The highest BCUT2D eigenvalue weighted by atomic mass is 35.5. The first kappa shape index (κ1) is 17.9. The van der Waals surface area contributed by atoms with Crippen LogP contribution in [0.4, 0.5) is 5.69 Å². The number of aryl methyl sites for hydroxylation is 1. The van der Waals surface area contributed by atoms with Crippen molar-refractivity contribution in [3.8, 4) is 11.4 Å². The molecule has 0 spiro atoms. The van der Waals surface area contributed by atoms with E-state index in [2.05, 4.69) is 15.4 Å². The van der Waals surface area contributed by atoms with E-state index in [1.807, 2.05) is 31.2 Å². The van der Waals surface area contributed by atoms with Gasteiger partial charge in [0.2, 0.25) is 5.91 Å². The first-order valence-corrected chi connectivity index (χ1v) is 8.63. The van der Waals surface area contributed by atoms with Crippen molar-refractivity contribution >= 4 is 23.2 Å². The van der Waals surface area contributed by atoms with Crippen molar-refractivity contribution in [3.05, 3.63) is 65.7 Å². The zero-order valence-corrected chi connectivity index (χ0v) is 15.1. The summed E-state index contributed by atoms with van der Waals surface area (Å²) >= 11 is 6.05. The standard InChI is InChI=1S/C19H19ClN4O2/c1-14-4-2-5-16(10-14)26-9-3-6-19(25)23-17-11-15(20)7-8-18(17)24-13-21-12-22-24/h2,4-5,7-8,10-13H,3,6,9H2,1H3,(H,23,25). The van der Waals surface area contributed by atoms with Gasteiger partial charge in [0.25, 0.3) is 0 Å². The molecule has 0 bridgehead atoms. The average molecular weight is 371 g/mol. The molecule has 0 unspecified atom stereocenters. The normalized spacial score (nSPS) is 10.5. The van der Waals surface area contributed by atoms with Crippen molar-refractivity contribution in [3.63, 3.8) is 0 Å². The lowest BCUT2D eigenvalue weighted by Crippen LogP contribution is -2.14. The molecule has 0 aliphatic carbocycles. The molecule has 134 valence electrons. The molecule has 0 saturated carbocycles. The van der Waals surface area contributed by atoms with Crippen LogP contribution >= 0.6 is 11.6 Å². The van der Waals surface area contributed by atoms with Crippen LogP contribution in [-0.2, 0) is 4.79 Å². The van der Waals surface area contributed by atoms with E-state index in [1.54, 1.807) is 29.2 Å². The van der Waals surface area contributed by atoms with Gasteiger partial charge in [-0.15, -0.1) is 0 Å². The van der Waals surface area contributed by atoms with E-state index in [0.717, 1.165) is 11.3 Å². The number of rotatable bonds is 7. The van der Waals surface area contributed by atoms with Gasteiger partial charge in [-0.3, -0.25) is 4.79 Å². The van der Waals surface area contributed by atoms with Crippen LogP contribution in [0.3, 0.4) is 0 Å². The van der Waals surface area contributed by atoms with Crippen molar-refractivity contribution in [2.75, 3.05) is 11.9 Å². The fourth-order valence-corrected chi connectivity index (χ4v) is 2.65. The number of carbonyl (C=O) groups is 1. The molecule has 0 aliphatic heterocycles. The molecule has 1 amide bonds. The summed E-state index contributed by atoms with van der Waals surface area (Å²) in [5.41, 5.74) is 2.44. The molecular formula is C19H19ClN4O2. The number of halogens is 1. The number of hydrogen-bond donors (Lipinski definition) is 1. The zero-order valence-electron chi connectivity index (χ0n) is 14.4. The van der Waals surface area contributed by atoms with Crippen LogP contribution in [-0.4, -0.2) is 27.3 Å². The molecule has 0 fully saturated rings. The highest BCUT2D eigenvalue weighted by Gasteiger charge is 2.10. The molecule has 3 rings (SSSR count). The zero-order chi connectivity index (χ0) is 18.4. The number of carbonyl (C=O) groups excluding carboxylic acids is 1. The number of anilines is 1. The van der Waals surface area contributed by atoms with Gasteiger partial charge in [-0.1, -0.05) is 23.7 Å².